The number of carbonyl (C=O) groups excluding carboxylic acids is 2. The van der Waals surface area contributed by atoms with Gasteiger partial charge in [-0.1, -0.05) is 31.2 Å². The van der Waals surface area contributed by atoms with Gasteiger partial charge in [-0.15, -0.1) is 0 Å². The monoisotopic (exact) mass is 373 g/mol. The van der Waals surface area contributed by atoms with Crippen molar-refractivity contribution in [1.29, 1.82) is 0 Å². The Balaban J connectivity index is 2.04. The van der Waals surface area contributed by atoms with Gasteiger partial charge in [0.2, 0.25) is 5.91 Å². The molecule has 1 N–H and O–H groups in total. The average Bonchev–Trinajstić information content (AvgIpc) is 2.62. The lowest BCUT2D eigenvalue weighted by Gasteiger charge is -2.11. The van der Waals surface area contributed by atoms with Crippen molar-refractivity contribution in [3.8, 4) is 0 Å². The van der Waals surface area contributed by atoms with Crippen molar-refractivity contribution < 1.29 is 18.0 Å². The number of hydrogen-bond acceptors (Lipinski definition) is 4. The summed E-state index contributed by atoms with van der Waals surface area (Å²) in [5, 5.41) is 2.61. The third kappa shape index (κ3) is 4.79. The molecule has 0 aliphatic heterocycles. The fraction of sp³-hybridized carbons (Fsp3) is 0.300. The van der Waals surface area contributed by atoms with Gasteiger partial charge in [0.25, 0.3) is 0 Å². The highest BCUT2D eigenvalue weighted by atomic mass is 32.2. The maximum absolute atomic E-state index is 12.3. The van der Waals surface area contributed by atoms with Crippen LogP contribution in [0.1, 0.15) is 41.3 Å². The van der Waals surface area contributed by atoms with E-state index in [0.717, 1.165) is 11.1 Å². The summed E-state index contributed by atoms with van der Waals surface area (Å²) in [6.07, 6.45) is 0.0588. The second-order valence-corrected chi connectivity index (χ2v) is 8.42. The number of hydrogen-bond donors (Lipinski definition) is 1. The molecule has 0 saturated heterocycles. The van der Waals surface area contributed by atoms with Crippen molar-refractivity contribution in [1.82, 2.24) is 0 Å². The van der Waals surface area contributed by atoms with E-state index in [2.05, 4.69) is 5.32 Å². The van der Waals surface area contributed by atoms with Crippen molar-refractivity contribution in [3.05, 3.63) is 59.2 Å². The van der Waals surface area contributed by atoms with Crippen molar-refractivity contribution >= 4 is 27.2 Å². The summed E-state index contributed by atoms with van der Waals surface area (Å²) >= 11 is 0. The number of para-hydroxylation sites is 1. The molecule has 26 heavy (non-hydrogen) atoms. The van der Waals surface area contributed by atoms with Crippen LogP contribution in [-0.4, -0.2) is 25.9 Å². The summed E-state index contributed by atoms with van der Waals surface area (Å²) in [6, 6.07) is 11.7. The van der Waals surface area contributed by atoms with Gasteiger partial charge in [-0.3, -0.25) is 9.59 Å². The second-order valence-electron chi connectivity index (χ2n) is 6.17. The Morgan fingerprint density at radius 1 is 0.962 bits per heavy atom. The largest absolute Gasteiger partial charge is 0.325 e. The van der Waals surface area contributed by atoms with E-state index >= 15 is 0 Å². The Morgan fingerprint density at radius 3 is 2.31 bits per heavy atom. The number of ketones is 1. The molecule has 2 aromatic carbocycles. The van der Waals surface area contributed by atoms with E-state index in [9.17, 15) is 18.0 Å². The molecule has 0 radical (unpaired) electrons. The predicted octanol–water partition coefficient (Wildman–Crippen LogP) is 3.70. The maximum atomic E-state index is 12.3. The van der Waals surface area contributed by atoms with Gasteiger partial charge in [-0.2, -0.15) is 0 Å². The van der Waals surface area contributed by atoms with Crippen LogP contribution in [0.3, 0.4) is 0 Å². The lowest BCUT2D eigenvalue weighted by molar-refractivity contribution is -0.116. The van der Waals surface area contributed by atoms with Crippen molar-refractivity contribution in [2.24, 2.45) is 0 Å². The number of amides is 1. The summed E-state index contributed by atoms with van der Waals surface area (Å²) < 4.78 is 24.2. The first-order valence-electron chi connectivity index (χ1n) is 8.46. The molecule has 1 amide bonds. The Labute approximate surface area is 154 Å². The quantitative estimate of drug-likeness (QED) is 0.751. The molecule has 5 nitrogen and oxygen atoms in total. The van der Waals surface area contributed by atoms with Gasteiger partial charge in [-0.05, 0) is 43.2 Å². The molecule has 6 heteroatoms. The molecule has 0 saturated carbocycles. The molecular formula is C20H23NO4S. The van der Waals surface area contributed by atoms with E-state index in [-0.39, 0.29) is 40.9 Å². The molecular weight excluding hydrogens is 350 g/mol. The molecule has 0 aliphatic rings. The van der Waals surface area contributed by atoms with E-state index in [1.165, 1.54) is 6.07 Å². The zero-order valence-electron chi connectivity index (χ0n) is 15.2. The molecule has 0 spiro atoms. The van der Waals surface area contributed by atoms with Gasteiger partial charge >= 0.3 is 0 Å². The number of aryl methyl sites for hydroxylation is 2. The molecule has 0 atom stereocenters. The normalized spacial score (nSPS) is 11.2. The third-order valence-corrected chi connectivity index (χ3v) is 6.07. The zero-order valence-corrected chi connectivity index (χ0v) is 16.0. The first-order chi connectivity index (χ1) is 12.2. The average molecular weight is 373 g/mol. The number of benzene rings is 2. The third-order valence-electron chi connectivity index (χ3n) is 4.28. The number of anilines is 1. The molecule has 0 aromatic heterocycles. The van der Waals surface area contributed by atoms with E-state index in [1.54, 1.807) is 31.2 Å². The lowest BCUT2D eigenvalue weighted by atomic mass is 10.0. The summed E-state index contributed by atoms with van der Waals surface area (Å²) in [5.41, 5.74) is 2.96. The van der Waals surface area contributed by atoms with E-state index in [1.807, 2.05) is 26.0 Å². The molecule has 2 rings (SSSR count). The molecule has 2 aromatic rings. The smallest absolute Gasteiger partial charge is 0.224 e. The second kappa shape index (κ2) is 8.27. The summed E-state index contributed by atoms with van der Waals surface area (Å²) in [7, 11) is -3.44. The van der Waals surface area contributed by atoms with Crippen LogP contribution in [0.25, 0.3) is 0 Å². The molecule has 0 heterocycles. The van der Waals surface area contributed by atoms with Crippen LogP contribution in [0.5, 0.6) is 0 Å². The highest BCUT2D eigenvalue weighted by Crippen LogP contribution is 2.22. The van der Waals surface area contributed by atoms with Crippen molar-refractivity contribution in [2.75, 3.05) is 11.1 Å². The number of sulfone groups is 1. The fourth-order valence-corrected chi connectivity index (χ4v) is 3.55. The van der Waals surface area contributed by atoms with Crippen LogP contribution >= 0.6 is 0 Å². The number of carbonyl (C=O) groups is 2. The fourth-order valence-electron chi connectivity index (χ4n) is 2.50. The summed E-state index contributed by atoms with van der Waals surface area (Å²) in [5.74, 6) is -0.552. The highest BCUT2D eigenvalue weighted by molar-refractivity contribution is 7.91. The predicted molar refractivity (Wildman–Crippen MR) is 102 cm³/mol. The summed E-state index contributed by atoms with van der Waals surface area (Å²) in [6.45, 7) is 5.46. The minimum atomic E-state index is -3.44. The van der Waals surface area contributed by atoms with Crippen LogP contribution < -0.4 is 5.32 Å². The van der Waals surface area contributed by atoms with Gasteiger partial charge < -0.3 is 5.32 Å². The number of Topliss-reactive ketones (excluding diaryl/α,β-unsaturated/α-hetero) is 1. The van der Waals surface area contributed by atoms with Gasteiger partial charge in [0.1, 0.15) is 0 Å². The standard InChI is InChI=1S/C20H23NO4S/c1-4-26(24,25)19-8-6-5-7-17(19)21-20(23)12-11-18(22)16-10-9-14(2)15(3)13-16/h5-10,13H,4,11-12H2,1-3H3,(H,21,23). The highest BCUT2D eigenvalue weighted by Gasteiger charge is 2.18. The van der Waals surface area contributed by atoms with Gasteiger partial charge in [0, 0.05) is 18.4 Å². The zero-order chi connectivity index (χ0) is 19.3. The van der Waals surface area contributed by atoms with Crippen LogP contribution in [0, 0.1) is 13.8 Å². The lowest BCUT2D eigenvalue weighted by Crippen LogP contribution is -2.16. The van der Waals surface area contributed by atoms with Crippen LogP contribution in [0.4, 0.5) is 5.69 Å². The van der Waals surface area contributed by atoms with Gasteiger partial charge in [-0.25, -0.2) is 8.42 Å². The van der Waals surface area contributed by atoms with E-state index < -0.39 is 9.84 Å². The van der Waals surface area contributed by atoms with Gasteiger partial charge in [0.15, 0.2) is 15.6 Å². The Hall–Kier alpha value is -2.47. The maximum Gasteiger partial charge on any atom is 0.224 e. The Kier molecular flexibility index (Phi) is 6.32. The first-order valence-corrected chi connectivity index (χ1v) is 10.1. The SMILES string of the molecule is CCS(=O)(=O)c1ccccc1NC(=O)CCC(=O)c1ccc(C)c(C)c1. The van der Waals surface area contributed by atoms with Crippen LogP contribution in [-0.2, 0) is 14.6 Å². The molecule has 0 fully saturated rings. The van der Waals surface area contributed by atoms with Crippen molar-refractivity contribution in [3.63, 3.8) is 0 Å². The van der Waals surface area contributed by atoms with Gasteiger partial charge in [0.05, 0.1) is 16.3 Å². The topological polar surface area (TPSA) is 80.3 Å². The van der Waals surface area contributed by atoms with E-state index in [0.29, 0.717) is 5.56 Å². The molecule has 0 unspecified atom stereocenters. The molecule has 138 valence electrons. The molecule has 0 bridgehead atoms. The number of rotatable bonds is 7. The Morgan fingerprint density at radius 2 is 1.65 bits per heavy atom. The number of nitrogens with one attached hydrogen (secondary N) is 1. The molecule has 0 aliphatic carbocycles. The Bertz CT molecular complexity index is 933. The minimum absolute atomic E-state index is 0.00767. The van der Waals surface area contributed by atoms with Crippen LogP contribution in [0.15, 0.2) is 47.4 Å². The van der Waals surface area contributed by atoms with Crippen molar-refractivity contribution in [2.45, 2.75) is 38.5 Å². The minimum Gasteiger partial charge on any atom is -0.325 e. The first kappa shape index (κ1) is 19.8. The van der Waals surface area contributed by atoms with Crippen LogP contribution in [0.2, 0.25) is 0 Å². The summed E-state index contributed by atoms with van der Waals surface area (Å²) in [4.78, 5) is 24.5. The van der Waals surface area contributed by atoms with E-state index in [4.69, 9.17) is 0 Å².